The molecule has 0 N–H and O–H groups in total. The van der Waals surface area contributed by atoms with E-state index in [2.05, 4.69) is 19.9 Å². The number of hydrogen-bond donors (Lipinski definition) is 0. The SMILES string of the molecule is Cc1cc(Oc2cc(C(C)C)ccc2Cl)ccc1C#N. The Morgan fingerprint density at radius 2 is 1.90 bits per heavy atom. The Bertz CT molecular complexity index is 671. The zero-order chi connectivity index (χ0) is 14.7. The summed E-state index contributed by atoms with van der Waals surface area (Å²) in [4.78, 5) is 0. The summed E-state index contributed by atoms with van der Waals surface area (Å²) in [5.41, 5.74) is 2.72. The van der Waals surface area contributed by atoms with E-state index in [-0.39, 0.29) is 0 Å². The van der Waals surface area contributed by atoms with Crippen molar-refractivity contribution < 1.29 is 4.74 Å². The number of nitriles is 1. The Hall–Kier alpha value is -1.98. The molecule has 20 heavy (non-hydrogen) atoms. The fourth-order valence-electron chi connectivity index (χ4n) is 1.91. The molecular formula is C17H16ClNO. The maximum Gasteiger partial charge on any atom is 0.146 e. The molecule has 0 saturated heterocycles. The van der Waals surface area contributed by atoms with Crippen molar-refractivity contribution in [2.45, 2.75) is 26.7 Å². The molecule has 2 rings (SSSR count). The van der Waals surface area contributed by atoms with Gasteiger partial charge in [-0.1, -0.05) is 31.5 Å². The van der Waals surface area contributed by atoms with Crippen LogP contribution in [0.5, 0.6) is 11.5 Å². The van der Waals surface area contributed by atoms with Gasteiger partial charge in [0.25, 0.3) is 0 Å². The highest BCUT2D eigenvalue weighted by atomic mass is 35.5. The molecule has 0 aliphatic carbocycles. The number of benzene rings is 2. The predicted molar refractivity (Wildman–Crippen MR) is 81.5 cm³/mol. The monoisotopic (exact) mass is 285 g/mol. The molecule has 0 atom stereocenters. The van der Waals surface area contributed by atoms with E-state index in [0.717, 1.165) is 5.56 Å². The highest BCUT2D eigenvalue weighted by Gasteiger charge is 2.08. The van der Waals surface area contributed by atoms with Crippen LogP contribution >= 0.6 is 11.6 Å². The minimum atomic E-state index is 0.414. The maximum atomic E-state index is 8.93. The van der Waals surface area contributed by atoms with Crippen molar-refractivity contribution in [2.24, 2.45) is 0 Å². The average Bonchev–Trinajstić information content (AvgIpc) is 2.41. The number of aryl methyl sites for hydroxylation is 1. The van der Waals surface area contributed by atoms with Gasteiger partial charge in [-0.15, -0.1) is 0 Å². The Kier molecular flexibility index (Phi) is 4.32. The highest BCUT2D eigenvalue weighted by molar-refractivity contribution is 6.32. The first-order chi connectivity index (χ1) is 9.51. The molecule has 2 nitrogen and oxygen atoms in total. The average molecular weight is 286 g/mol. The Labute approximate surface area is 124 Å². The summed E-state index contributed by atoms with van der Waals surface area (Å²) in [7, 11) is 0. The van der Waals surface area contributed by atoms with Gasteiger partial charge in [0, 0.05) is 0 Å². The lowest BCUT2D eigenvalue weighted by molar-refractivity contribution is 0.481. The van der Waals surface area contributed by atoms with E-state index in [1.54, 1.807) is 12.1 Å². The molecule has 0 spiro atoms. The van der Waals surface area contributed by atoms with E-state index in [9.17, 15) is 0 Å². The lowest BCUT2D eigenvalue weighted by Crippen LogP contribution is -1.92. The third-order valence-corrected chi connectivity index (χ3v) is 3.48. The van der Waals surface area contributed by atoms with Gasteiger partial charge in [0.2, 0.25) is 0 Å². The van der Waals surface area contributed by atoms with E-state index in [1.165, 1.54) is 5.56 Å². The molecular weight excluding hydrogens is 270 g/mol. The second-order valence-corrected chi connectivity index (χ2v) is 5.44. The highest BCUT2D eigenvalue weighted by Crippen LogP contribution is 2.32. The molecule has 3 heteroatoms. The van der Waals surface area contributed by atoms with Gasteiger partial charge in [0.05, 0.1) is 16.7 Å². The number of hydrogen-bond acceptors (Lipinski definition) is 2. The van der Waals surface area contributed by atoms with Crippen LogP contribution < -0.4 is 4.74 Å². The molecule has 0 heterocycles. The minimum absolute atomic E-state index is 0.414. The van der Waals surface area contributed by atoms with Crippen molar-refractivity contribution in [1.82, 2.24) is 0 Å². The van der Waals surface area contributed by atoms with Crippen LogP contribution in [0.2, 0.25) is 5.02 Å². The summed E-state index contributed by atoms with van der Waals surface area (Å²) < 4.78 is 5.84. The molecule has 0 saturated carbocycles. The van der Waals surface area contributed by atoms with Crippen molar-refractivity contribution >= 4 is 11.6 Å². The van der Waals surface area contributed by atoms with Gasteiger partial charge in [0.15, 0.2) is 0 Å². The van der Waals surface area contributed by atoms with Crippen LogP contribution in [0.25, 0.3) is 0 Å². The normalized spacial score (nSPS) is 10.4. The van der Waals surface area contributed by atoms with Gasteiger partial charge in [-0.2, -0.15) is 5.26 Å². The third kappa shape index (κ3) is 3.12. The molecule has 0 aromatic heterocycles. The summed E-state index contributed by atoms with van der Waals surface area (Å²) in [5, 5.41) is 9.51. The van der Waals surface area contributed by atoms with Gasteiger partial charge in [-0.25, -0.2) is 0 Å². The summed E-state index contributed by atoms with van der Waals surface area (Å²) in [6.07, 6.45) is 0. The molecule has 0 amide bonds. The van der Waals surface area contributed by atoms with Crippen LogP contribution in [0.3, 0.4) is 0 Å². The quantitative estimate of drug-likeness (QED) is 0.752. The van der Waals surface area contributed by atoms with Gasteiger partial charge in [-0.3, -0.25) is 0 Å². The summed E-state index contributed by atoms with van der Waals surface area (Å²) in [5.74, 6) is 1.74. The van der Waals surface area contributed by atoms with E-state index >= 15 is 0 Å². The number of rotatable bonds is 3. The number of ether oxygens (including phenoxy) is 1. The van der Waals surface area contributed by atoms with Gasteiger partial charge in [0.1, 0.15) is 11.5 Å². The fourth-order valence-corrected chi connectivity index (χ4v) is 2.07. The number of nitrogens with zero attached hydrogens (tertiary/aromatic N) is 1. The van der Waals surface area contributed by atoms with E-state index < -0.39 is 0 Å². The Morgan fingerprint density at radius 3 is 2.50 bits per heavy atom. The molecule has 2 aromatic carbocycles. The van der Waals surface area contributed by atoms with Crippen molar-refractivity contribution in [3.63, 3.8) is 0 Å². The third-order valence-electron chi connectivity index (χ3n) is 3.17. The minimum Gasteiger partial charge on any atom is -0.456 e. The van der Waals surface area contributed by atoms with Crippen LogP contribution in [0, 0.1) is 18.3 Å². The molecule has 0 bridgehead atoms. The smallest absolute Gasteiger partial charge is 0.146 e. The molecule has 0 fully saturated rings. The van der Waals surface area contributed by atoms with Crippen LogP contribution in [0.1, 0.15) is 36.5 Å². The van der Waals surface area contributed by atoms with Crippen molar-refractivity contribution in [2.75, 3.05) is 0 Å². The molecule has 0 unspecified atom stereocenters. The summed E-state index contributed by atoms with van der Waals surface area (Å²) in [6.45, 7) is 6.13. The van der Waals surface area contributed by atoms with E-state index in [1.807, 2.05) is 31.2 Å². The fraction of sp³-hybridized carbons (Fsp3) is 0.235. The number of halogens is 1. The first-order valence-electron chi connectivity index (χ1n) is 6.49. The van der Waals surface area contributed by atoms with Gasteiger partial charge in [-0.05, 0) is 54.3 Å². The molecule has 0 aliphatic rings. The summed E-state index contributed by atoms with van der Waals surface area (Å²) in [6, 6.07) is 13.3. The van der Waals surface area contributed by atoms with Crippen LogP contribution in [0.4, 0.5) is 0 Å². The largest absolute Gasteiger partial charge is 0.456 e. The zero-order valence-corrected chi connectivity index (χ0v) is 12.5. The van der Waals surface area contributed by atoms with Crippen LogP contribution in [0.15, 0.2) is 36.4 Å². The zero-order valence-electron chi connectivity index (χ0n) is 11.8. The Balaban J connectivity index is 2.32. The lowest BCUT2D eigenvalue weighted by atomic mass is 10.0. The standard InChI is InChI=1S/C17H16ClNO/c1-11(2)13-5-7-16(18)17(9-13)20-15-6-4-14(10-19)12(3)8-15/h4-9,11H,1-3H3. The van der Waals surface area contributed by atoms with Crippen molar-refractivity contribution in [3.05, 3.63) is 58.1 Å². The van der Waals surface area contributed by atoms with Crippen molar-refractivity contribution in [1.29, 1.82) is 5.26 Å². The van der Waals surface area contributed by atoms with Crippen molar-refractivity contribution in [3.8, 4) is 17.6 Å². The first-order valence-corrected chi connectivity index (χ1v) is 6.87. The molecule has 0 radical (unpaired) electrons. The molecule has 102 valence electrons. The first kappa shape index (κ1) is 14.4. The van der Waals surface area contributed by atoms with E-state index in [4.69, 9.17) is 21.6 Å². The topological polar surface area (TPSA) is 33.0 Å². The van der Waals surface area contributed by atoms with E-state index in [0.29, 0.717) is 28.0 Å². The second kappa shape index (κ2) is 5.98. The van der Waals surface area contributed by atoms with Gasteiger partial charge < -0.3 is 4.74 Å². The van der Waals surface area contributed by atoms with Crippen LogP contribution in [-0.2, 0) is 0 Å². The summed E-state index contributed by atoms with van der Waals surface area (Å²) >= 11 is 6.17. The van der Waals surface area contributed by atoms with Crippen LogP contribution in [-0.4, -0.2) is 0 Å². The lowest BCUT2D eigenvalue weighted by Gasteiger charge is -2.12. The maximum absolute atomic E-state index is 8.93. The molecule has 0 aliphatic heterocycles. The Morgan fingerprint density at radius 1 is 1.15 bits per heavy atom. The second-order valence-electron chi connectivity index (χ2n) is 5.04. The molecule has 2 aromatic rings. The van der Waals surface area contributed by atoms with Gasteiger partial charge >= 0.3 is 0 Å². The predicted octanol–water partition coefficient (Wildman–Crippen LogP) is 5.44.